The quantitative estimate of drug-likeness (QED) is 0.232. The fourth-order valence-corrected chi connectivity index (χ4v) is 3.50. The largest absolute Gasteiger partial charge is 0.464 e. The van der Waals surface area contributed by atoms with Crippen molar-refractivity contribution >= 4 is 18.0 Å². The zero-order chi connectivity index (χ0) is 24.0. The molecule has 0 aromatic rings. The molecule has 2 amide bonds. The summed E-state index contributed by atoms with van der Waals surface area (Å²) in [6.45, 7) is 10.0. The van der Waals surface area contributed by atoms with Gasteiger partial charge in [-0.05, 0) is 18.3 Å². The number of hydrogen-bond acceptors (Lipinski definition) is 5. The number of hydrogen-bond donors (Lipinski definition) is 0. The molecule has 2 atom stereocenters. The Morgan fingerprint density at radius 3 is 1.94 bits per heavy atom. The van der Waals surface area contributed by atoms with Crippen LogP contribution in [-0.2, 0) is 19.1 Å². The third-order valence-electron chi connectivity index (χ3n) is 5.19. The van der Waals surface area contributed by atoms with Gasteiger partial charge in [0.25, 0.3) is 0 Å². The number of amides is 2. The predicted octanol–water partition coefficient (Wildman–Crippen LogP) is 4.10. The minimum Gasteiger partial charge on any atom is -0.464 e. The second kappa shape index (κ2) is 15.6. The molecule has 0 aromatic heterocycles. The molecule has 7 heteroatoms. The van der Waals surface area contributed by atoms with Crippen LogP contribution in [0, 0.1) is 24.2 Å². The van der Waals surface area contributed by atoms with Crippen molar-refractivity contribution in [2.24, 2.45) is 11.8 Å². The average molecular weight is 439 g/mol. The van der Waals surface area contributed by atoms with E-state index in [-0.39, 0.29) is 24.3 Å². The number of ether oxygens (including phenoxy) is 2. The van der Waals surface area contributed by atoms with Crippen LogP contribution >= 0.6 is 0 Å². The van der Waals surface area contributed by atoms with Crippen LogP contribution in [-0.4, -0.2) is 67.2 Å². The van der Waals surface area contributed by atoms with Crippen molar-refractivity contribution in [1.29, 1.82) is 0 Å². The van der Waals surface area contributed by atoms with Crippen LogP contribution in [0.5, 0.6) is 0 Å². The lowest BCUT2D eigenvalue weighted by Crippen LogP contribution is -2.56. The van der Waals surface area contributed by atoms with Gasteiger partial charge >= 0.3 is 12.1 Å². The van der Waals surface area contributed by atoms with Gasteiger partial charge in [-0.25, -0.2) is 9.59 Å². The Morgan fingerprint density at radius 2 is 1.42 bits per heavy atom. The van der Waals surface area contributed by atoms with Gasteiger partial charge in [-0.15, -0.1) is 12.3 Å². The summed E-state index contributed by atoms with van der Waals surface area (Å²) in [5.74, 6) is 1.35. The van der Waals surface area contributed by atoms with E-state index in [9.17, 15) is 14.4 Å². The van der Waals surface area contributed by atoms with Crippen molar-refractivity contribution in [3.05, 3.63) is 0 Å². The third kappa shape index (κ3) is 10.1. The van der Waals surface area contributed by atoms with Crippen LogP contribution in [0.25, 0.3) is 0 Å². The van der Waals surface area contributed by atoms with Gasteiger partial charge in [0.1, 0.15) is 18.7 Å². The Bertz CT molecular complexity index is 597. The third-order valence-corrected chi connectivity index (χ3v) is 5.19. The van der Waals surface area contributed by atoms with E-state index >= 15 is 0 Å². The Hall–Kier alpha value is -2.23. The molecule has 0 aromatic carbocycles. The molecule has 0 radical (unpaired) electrons. The molecule has 0 heterocycles. The van der Waals surface area contributed by atoms with Gasteiger partial charge in [-0.2, -0.15) is 0 Å². The highest BCUT2D eigenvalue weighted by Gasteiger charge is 2.38. The van der Waals surface area contributed by atoms with Crippen LogP contribution in [0.2, 0.25) is 0 Å². The molecule has 0 aliphatic heterocycles. The molecule has 7 nitrogen and oxygen atoms in total. The predicted molar refractivity (Wildman–Crippen MR) is 122 cm³/mol. The van der Waals surface area contributed by atoms with Crippen molar-refractivity contribution in [3.8, 4) is 12.3 Å². The van der Waals surface area contributed by atoms with Gasteiger partial charge in [0.05, 0.1) is 6.61 Å². The average Bonchev–Trinajstić information content (AvgIpc) is 2.70. The summed E-state index contributed by atoms with van der Waals surface area (Å²) >= 11 is 0. The summed E-state index contributed by atoms with van der Waals surface area (Å²) in [5.41, 5.74) is 0. The smallest absolute Gasteiger partial charge is 0.410 e. The molecule has 0 aliphatic rings. The maximum Gasteiger partial charge on any atom is 0.410 e. The van der Waals surface area contributed by atoms with Crippen molar-refractivity contribution in [1.82, 2.24) is 9.80 Å². The summed E-state index contributed by atoms with van der Waals surface area (Å²) < 4.78 is 10.6. The number of carbonyl (C=O) groups is 3. The molecular weight excluding hydrogens is 396 g/mol. The molecule has 0 N–H and O–H groups in total. The minimum absolute atomic E-state index is 0.0910. The van der Waals surface area contributed by atoms with Crippen molar-refractivity contribution < 1.29 is 23.9 Å². The topological polar surface area (TPSA) is 76.2 Å². The number of unbranched alkanes of at least 4 members (excludes halogenated alkanes) is 4. The van der Waals surface area contributed by atoms with Gasteiger partial charge in [0.15, 0.2) is 0 Å². The molecule has 0 aliphatic carbocycles. The van der Waals surface area contributed by atoms with Gasteiger partial charge in [0, 0.05) is 20.5 Å². The van der Waals surface area contributed by atoms with Crippen LogP contribution in [0.1, 0.15) is 73.1 Å². The monoisotopic (exact) mass is 438 g/mol. The maximum atomic E-state index is 13.3. The molecule has 31 heavy (non-hydrogen) atoms. The first-order chi connectivity index (χ1) is 14.6. The summed E-state index contributed by atoms with van der Waals surface area (Å²) in [5, 5.41) is 0. The Morgan fingerprint density at radius 1 is 0.839 bits per heavy atom. The second-order valence-electron chi connectivity index (χ2n) is 8.59. The highest BCUT2D eigenvalue weighted by molar-refractivity contribution is 5.89. The standard InChI is InChI=1S/C24H42N2O5/c1-9-11-13-14-15-17-30-23(28)21(19(5)6)25(7)22(27)20(18(3)4)26(8)24(29)31-16-12-10-2/h2,18-21H,9,11-17H2,1,3-8H3. The highest BCUT2D eigenvalue weighted by Crippen LogP contribution is 2.19. The minimum atomic E-state index is -0.772. The van der Waals surface area contributed by atoms with E-state index in [1.54, 1.807) is 7.05 Å². The molecule has 0 bridgehead atoms. The Balaban J connectivity index is 5.16. The fraction of sp³-hybridized carbons (Fsp3) is 0.792. The number of likely N-dealkylation sites (N-methyl/N-ethyl adjacent to an activating group) is 2. The highest BCUT2D eigenvalue weighted by atomic mass is 16.6. The fourth-order valence-electron chi connectivity index (χ4n) is 3.50. The summed E-state index contributed by atoms with van der Waals surface area (Å²) in [4.78, 5) is 41.1. The Labute approximate surface area is 188 Å². The van der Waals surface area contributed by atoms with Crippen LogP contribution in [0.15, 0.2) is 0 Å². The first-order valence-corrected chi connectivity index (χ1v) is 11.4. The van der Waals surface area contributed by atoms with E-state index in [2.05, 4.69) is 12.8 Å². The van der Waals surface area contributed by atoms with Crippen LogP contribution in [0.3, 0.4) is 0 Å². The van der Waals surface area contributed by atoms with E-state index in [0.717, 1.165) is 25.7 Å². The van der Waals surface area contributed by atoms with E-state index in [1.807, 2.05) is 27.7 Å². The van der Waals surface area contributed by atoms with Crippen molar-refractivity contribution in [2.75, 3.05) is 27.3 Å². The van der Waals surface area contributed by atoms with Gasteiger partial charge in [-0.3, -0.25) is 9.69 Å². The molecule has 0 saturated heterocycles. The molecule has 0 fully saturated rings. The number of rotatable bonds is 14. The first kappa shape index (κ1) is 28.8. The lowest BCUT2D eigenvalue weighted by atomic mass is 9.98. The van der Waals surface area contributed by atoms with E-state index in [1.165, 1.54) is 23.3 Å². The van der Waals surface area contributed by atoms with E-state index in [0.29, 0.717) is 13.0 Å². The molecule has 2 unspecified atom stereocenters. The van der Waals surface area contributed by atoms with Gasteiger partial charge in [0.2, 0.25) is 5.91 Å². The number of nitrogens with zero attached hydrogens (tertiary/aromatic N) is 2. The van der Waals surface area contributed by atoms with Crippen molar-refractivity contribution in [2.45, 2.75) is 85.2 Å². The number of terminal acetylenes is 1. The van der Waals surface area contributed by atoms with Gasteiger partial charge in [-0.1, -0.05) is 60.3 Å². The normalized spacial score (nSPS) is 12.8. The number of esters is 1. The molecule has 0 spiro atoms. The van der Waals surface area contributed by atoms with Crippen molar-refractivity contribution in [3.63, 3.8) is 0 Å². The summed E-state index contributed by atoms with van der Waals surface area (Å²) in [7, 11) is 3.11. The maximum absolute atomic E-state index is 13.3. The molecule has 0 rings (SSSR count). The second-order valence-corrected chi connectivity index (χ2v) is 8.59. The zero-order valence-electron chi connectivity index (χ0n) is 20.5. The zero-order valence-corrected chi connectivity index (χ0v) is 20.5. The molecule has 0 saturated carbocycles. The number of carbonyl (C=O) groups excluding carboxylic acids is 3. The van der Waals surface area contributed by atoms with Crippen LogP contribution in [0.4, 0.5) is 4.79 Å². The summed E-state index contributed by atoms with van der Waals surface area (Å²) in [6.07, 6.45) is 10.2. The molecular formula is C24H42N2O5. The van der Waals surface area contributed by atoms with E-state index in [4.69, 9.17) is 15.9 Å². The molecule has 178 valence electrons. The van der Waals surface area contributed by atoms with Crippen LogP contribution < -0.4 is 0 Å². The SMILES string of the molecule is C#CCCOC(=O)N(C)C(C(=O)N(C)C(C(=O)OCCCCCCC)C(C)C)C(C)C. The Kier molecular flexibility index (Phi) is 14.4. The lowest BCUT2D eigenvalue weighted by molar-refractivity contribution is -0.158. The summed E-state index contributed by atoms with van der Waals surface area (Å²) in [6, 6.07) is -1.50. The first-order valence-electron chi connectivity index (χ1n) is 11.4. The van der Waals surface area contributed by atoms with E-state index < -0.39 is 24.1 Å². The lowest BCUT2D eigenvalue weighted by Gasteiger charge is -2.36. The van der Waals surface area contributed by atoms with Gasteiger partial charge < -0.3 is 14.4 Å².